The van der Waals surface area contributed by atoms with Gasteiger partial charge in [0.05, 0.1) is 6.61 Å². The van der Waals surface area contributed by atoms with Crippen molar-refractivity contribution in [1.82, 2.24) is 0 Å². The number of ketones is 1. The van der Waals surface area contributed by atoms with Crippen LogP contribution in [-0.4, -0.2) is 12.4 Å². The Hall–Kier alpha value is -1.31. The fourth-order valence-corrected chi connectivity index (χ4v) is 2.38. The Kier molecular flexibility index (Phi) is 3.82. The average molecular weight is 232 g/mol. The number of hydrogen-bond acceptors (Lipinski definition) is 2. The lowest BCUT2D eigenvalue weighted by molar-refractivity contribution is -0.121. The van der Waals surface area contributed by atoms with Gasteiger partial charge in [0.25, 0.3) is 0 Å². The van der Waals surface area contributed by atoms with Crippen molar-refractivity contribution in [1.29, 1.82) is 0 Å². The molecule has 0 N–H and O–H groups in total. The van der Waals surface area contributed by atoms with Crippen LogP contribution in [0.25, 0.3) is 0 Å². The van der Waals surface area contributed by atoms with Gasteiger partial charge in [0.1, 0.15) is 11.5 Å². The zero-order valence-corrected chi connectivity index (χ0v) is 10.7. The standard InChI is InChI=1S/C15H20O2/c1-11-5-3-8-15(12(11)2)17-10-9-13-6-4-7-14(13)16/h3,5,8,13H,4,6-7,9-10H2,1-2H3. The van der Waals surface area contributed by atoms with E-state index in [1.807, 2.05) is 12.1 Å². The first-order valence-electron chi connectivity index (χ1n) is 6.40. The number of aryl methyl sites for hydroxylation is 1. The number of ether oxygens (including phenoxy) is 1. The van der Waals surface area contributed by atoms with Gasteiger partial charge < -0.3 is 4.74 Å². The van der Waals surface area contributed by atoms with Crippen LogP contribution in [0.15, 0.2) is 18.2 Å². The summed E-state index contributed by atoms with van der Waals surface area (Å²) in [6.07, 6.45) is 3.75. The molecule has 1 aliphatic rings. The summed E-state index contributed by atoms with van der Waals surface area (Å²) in [6.45, 7) is 4.81. The van der Waals surface area contributed by atoms with Gasteiger partial charge in [0.2, 0.25) is 0 Å². The van der Waals surface area contributed by atoms with E-state index in [1.165, 1.54) is 11.1 Å². The molecule has 1 saturated carbocycles. The maximum atomic E-state index is 11.5. The lowest BCUT2D eigenvalue weighted by Gasteiger charge is -2.12. The lowest BCUT2D eigenvalue weighted by atomic mass is 10.0. The second kappa shape index (κ2) is 5.35. The van der Waals surface area contributed by atoms with Crippen LogP contribution in [0.5, 0.6) is 5.75 Å². The maximum absolute atomic E-state index is 11.5. The van der Waals surface area contributed by atoms with Crippen LogP contribution in [-0.2, 0) is 4.79 Å². The number of hydrogen-bond donors (Lipinski definition) is 0. The largest absolute Gasteiger partial charge is 0.493 e. The van der Waals surface area contributed by atoms with E-state index in [0.29, 0.717) is 12.4 Å². The average Bonchev–Trinajstić information content (AvgIpc) is 2.71. The van der Waals surface area contributed by atoms with Gasteiger partial charge in [-0.15, -0.1) is 0 Å². The molecule has 1 aliphatic carbocycles. The Morgan fingerprint density at radius 2 is 2.18 bits per heavy atom. The van der Waals surface area contributed by atoms with Crippen LogP contribution in [0.4, 0.5) is 0 Å². The smallest absolute Gasteiger partial charge is 0.136 e. The minimum absolute atomic E-state index is 0.250. The Morgan fingerprint density at radius 3 is 2.88 bits per heavy atom. The quantitative estimate of drug-likeness (QED) is 0.795. The lowest BCUT2D eigenvalue weighted by Crippen LogP contribution is -2.11. The number of rotatable bonds is 4. The molecule has 92 valence electrons. The summed E-state index contributed by atoms with van der Waals surface area (Å²) in [5.41, 5.74) is 2.45. The highest BCUT2D eigenvalue weighted by Gasteiger charge is 2.23. The van der Waals surface area contributed by atoms with Crippen molar-refractivity contribution in [3.05, 3.63) is 29.3 Å². The Bertz CT molecular complexity index is 409. The number of carbonyl (C=O) groups excluding carboxylic acids is 1. The molecule has 1 atom stereocenters. The molecule has 0 aromatic heterocycles. The van der Waals surface area contributed by atoms with Gasteiger partial charge in [-0.05, 0) is 50.3 Å². The van der Waals surface area contributed by atoms with Crippen molar-refractivity contribution >= 4 is 5.78 Å². The van der Waals surface area contributed by atoms with Crippen LogP contribution in [0.1, 0.15) is 36.8 Å². The number of Topliss-reactive ketones (excluding diaryl/α,β-unsaturated/α-hetero) is 1. The van der Waals surface area contributed by atoms with Gasteiger partial charge in [-0.25, -0.2) is 0 Å². The Labute approximate surface area is 103 Å². The normalized spacial score (nSPS) is 19.6. The number of carbonyl (C=O) groups is 1. The molecular formula is C15H20O2. The van der Waals surface area contributed by atoms with Crippen molar-refractivity contribution < 1.29 is 9.53 Å². The van der Waals surface area contributed by atoms with Crippen molar-refractivity contribution in [2.75, 3.05) is 6.61 Å². The topological polar surface area (TPSA) is 26.3 Å². The molecule has 0 saturated heterocycles. The molecule has 2 rings (SSSR count). The summed E-state index contributed by atoms with van der Waals surface area (Å²) < 4.78 is 5.78. The molecule has 17 heavy (non-hydrogen) atoms. The van der Waals surface area contributed by atoms with E-state index in [4.69, 9.17) is 4.74 Å². The monoisotopic (exact) mass is 232 g/mol. The minimum Gasteiger partial charge on any atom is -0.493 e. The molecule has 2 heteroatoms. The Morgan fingerprint density at radius 1 is 1.35 bits per heavy atom. The van der Waals surface area contributed by atoms with Gasteiger partial charge in [-0.3, -0.25) is 4.79 Å². The zero-order valence-electron chi connectivity index (χ0n) is 10.7. The van der Waals surface area contributed by atoms with Crippen LogP contribution >= 0.6 is 0 Å². The van der Waals surface area contributed by atoms with E-state index < -0.39 is 0 Å². The van der Waals surface area contributed by atoms with E-state index in [9.17, 15) is 4.79 Å². The van der Waals surface area contributed by atoms with Gasteiger partial charge in [-0.2, -0.15) is 0 Å². The van der Waals surface area contributed by atoms with E-state index >= 15 is 0 Å². The van der Waals surface area contributed by atoms with Crippen LogP contribution in [0.3, 0.4) is 0 Å². The third kappa shape index (κ3) is 2.87. The van der Waals surface area contributed by atoms with Gasteiger partial charge in [-0.1, -0.05) is 12.1 Å². The maximum Gasteiger partial charge on any atom is 0.136 e. The zero-order chi connectivity index (χ0) is 12.3. The van der Waals surface area contributed by atoms with Gasteiger partial charge in [0.15, 0.2) is 0 Å². The third-order valence-electron chi connectivity index (χ3n) is 3.71. The summed E-state index contributed by atoms with van der Waals surface area (Å²) in [5, 5.41) is 0. The van der Waals surface area contributed by atoms with Crippen molar-refractivity contribution in [3.63, 3.8) is 0 Å². The summed E-state index contributed by atoms with van der Waals surface area (Å²) in [5.74, 6) is 1.63. The van der Waals surface area contributed by atoms with E-state index in [0.717, 1.165) is 31.4 Å². The molecule has 1 aromatic rings. The summed E-state index contributed by atoms with van der Waals surface area (Å²) >= 11 is 0. The van der Waals surface area contributed by atoms with E-state index in [2.05, 4.69) is 19.9 Å². The van der Waals surface area contributed by atoms with Crippen molar-refractivity contribution in [2.24, 2.45) is 5.92 Å². The first-order valence-corrected chi connectivity index (χ1v) is 6.40. The van der Waals surface area contributed by atoms with Crippen LogP contribution in [0, 0.1) is 19.8 Å². The highest BCUT2D eigenvalue weighted by atomic mass is 16.5. The SMILES string of the molecule is Cc1cccc(OCCC2CCCC2=O)c1C. The van der Waals surface area contributed by atoms with Gasteiger partial charge in [0, 0.05) is 12.3 Å². The molecule has 2 nitrogen and oxygen atoms in total. The number of benzene rings is 1. The second-order valence-electron chi connectivity index (χ2n) is 4.89. The van der Waals surface area contributed by atoms with E-state index in [-0.39, 0.29) is 5.92 Å². The Balaban J connectivity index is 1.86. The fraction of sp³-hybridized carbons (Fsp3) is 0.533. The molecule has 0 aliphatic heterocycles. The molecule has 1 unspecified atom stereocenters. The first kappa shape index (κ1) is 12.2. The third-order valence-corrected chi connectivity index (χ3v) is 3.71. The highest BCUT2D eigenvalue weighted by Crippen LogP contribution is 2.25. The van der Waals surface area contributed by atoms with Crippen molar-refractivity contribution in [3.8, 4) is 5.75 Å². The fourth-order valence-electron chi connectivity index (χ4n) is 2.38. The highest BCUT2D eigenvalue weighted by molar-refractivity contribution is 5.82. The molecule has 1 aromatic carbocycles. The predicted molar refractivity (Wildman–Crippen MR) is 68.4 cm³/mol. The second-order valence-corrected chi connectivity index (χ2v) is 4.89. The summed E-state index contributed by atoms with van der Waals surface area (Å²) in [7, 11) is 0. The molecule has 0 bridgehead atoms. The molecule has 0 spiro atoms. The molecular weight excluding hydrogens is 212 g/mol. The van der Waals surface area contributed by atoms with Crippen LogP contribution < -0.4 is 4.74 Å². The molecule has 1 fully saturated rings. The summed E-state index contributed by atoms with van der Waals surface area (Å²) in [6, 6.07) is 6.10. The van der Waals surface area contributed by atoms with Crippen molar-refractivity contribution in [2.45, 2.75) is 39.5 Å². The first-order chi connectivity index (χ1) is 8.18. The molecule has 0 amide bonds. The molecule has 0 heterocycles. The predicted octanol–water partition coefficient (Wildman–Crippen LogP) is 3.44. The molecule has 0 radical (unpaired) electrons. The van der Waals surface area contributed by atoms with E-state index in [1.54, 1.807) is 0 Å². The minimum atomic E-state index is 0.250. The van der Waals surface area contributed by atoms with Gasteiger partial charge >= 0.3 is 0 Å². The van der Waals surface area contributed by atoms with Crippen LogP contribution in [0.2, 0.25) is 0 Å². The summed E-state index contributed by atoms with van der Waals surface area (Å²) in [4.78, 5) is 11.5.